The van der Waals surface area contributed by atoms with Gasteiger partial charge < -0.3 is 4.74 Å². The van der Waals surface area contributed by atoms with Crippen molar-refractivity contribution in [3.05, 3.63) is 6.92 Å². The van der Waals surface area contributed by atoms with E-state index in [1.165, 1.54) is 70.6 Å². The van der Waals surface area contributed by atoms with Gasteiger partial charge in [0.05, 0.1) is 6.61 Å². The summed E-state index contributed by atoms with van der Waals surface area (Å²) < 4.78 is 5.26. The molecule has 0 unspecified atom stereocenters. The summed E-state index contributed by atoms with van der Waals surface area (Å²) in [6.07, 6.45) is 17.7. The van der Waals surface area contributed by atoms with Gasteiger partial charge in [0.25, 0.3) is 0 Å². The lowest BCUT2D eigenvalue weighted by molar-refractivity contribution is -0.143. The molecule has 0 heterocycles. The van der Waals surface area contributed by atoms with E-state index in [4.69, 9.17) is 4.74 Å². The summed E-state index contributed by atoms with van der Waals surface area (Å²) in [6, 6.07) is 0. The van der Waals surface area contributed by atoms with Crippen molar-refractivity contribution < 1.29 is 9.53 Å². The minimum Gasteiger partial charge on any atom is -0.466 e. The molecule has 0 atom stereocenters. The Kier molecular flexibility index (Phi) is 17.1. The van der Waals surface area contributed by atoms with Crippen LogP contribution in [0.4, 0.5) is 0 Å². The number of ether oxygens (including phenoxy) is 1. The summed E-state index contributed by atoms with van der Waals surface area (Å²) in [5.41, 5.74) is 0. The van der Waals surface area contributed by atoms with Gasteiger partial charge in [-0.2, -0.15) is 0 Å². The molecule has 2 heteroatoms. The van der Waals surface area contributed by atoms with Crippen LogP contribution in [0.3, 0.4) is 0 Å². The van der Waals surface area contributed by atoms with Gasteiger partial charge in [0.2, 0.25) is 0 Å². The lowest BCUT2D eigenvalue weighted by Gasteiger charge is -2.05. The molecule has 0 rings (SSSR count). The van der Waals surface area contributed by atoms with Crippen molar-refractivity contribution in [2.45, 2.75) is 103 Å². The average Bonchev–Trinajstić information content (AvgIpc) is 2.49. The molecule has 0 aliphatic heterocycles. The van der Waals surface area contributed by atoms with Crippen LogP contribution < -0.4 is 0 Å². The van der Waals surface area contributed by atoms with Gasteiger partial charge in [-0.3, -0.25) is 4.79 Å². The molecule has 0 amide bonds. The Morgan fingerprint density at radius 1 is 0.762 bits per heavy atom. The highest BCUT2D eigenvalue weighted by atomic mass is 16.5. The molecule has 2 nitrogen and oxygen atoms in total. The third-order valence-electron chi connectivity index (χ3n) is 3.89. The molecule has 0 spiro atoms. The van der Waals surface area contributed by atoms with E-state index in [0.717, 1.165) is 19.3 Å². The fraction of sp³-hybridized carbons (Fsp3) is 0.895. The van der Waals surface area contributed by atoms with Crippen molar-refractivity contribution in [3.63, 3.8) is 0 Å². The Bertz CT molecular complexity index is 214. The number of hydrogen-bond acceptors (Lipinski definition) is 2. The van der Waals surface area contributed by atoms with Gasteiger partial charge in [-0.15, -0.1) is 0 Å². The maximum Gasteiger partial charge on any atom is 0.305 e. The van der Waals surface area contributed by atoms with E-state index in [-0.39, 0.29) is 5.97 Å². The first-order valence-corrected chi connectivity index (χ1v) is 9.26. The summed E-state index contributed by atoms with van der Waals surface area (Å²) >= 11 is 0. The van der Waals surface area contributed by atoms with E-state index in [2.05, 4.69) is 13.8 Å². The Labute approximate surface area is 133 Å². The molecular weight excluding hydrogens is 260 g/mol. The van der Waals surface area contributed by atoms with Gasteiger partial charge in [0.15, 0.2) is 0 Å². The van der Waals surface area contributed by atoms with Crippen LogP contribution in [0.2, 0.25) is 0 Å². The summed E-state index contributed by atoms with van der Waals surface area (Å²) in [6.45, 7) is 6.69. The quantitative estimate of drug-likeness (QED) is 0.249. The van der Waals surface area contributed by atoms with Gasteiger partial charge in [-0.25, -0.2) is 0 Å². The molecule has 0 saturated heterocycles. The number of esters is 1. The Morgan fingerprint density at radius 2 is 1.29 bits per heavy atom. The van der Waals surface area contributed by atoms with E-state index in [9.17, 15) is 4.79 Å². The summed E-state index contributed by atoms with van der Waals surface area (Å²) in [7, 11) is 0. The van der Waals surface area contributed by atoms with E-state index in [1.54, 1.807) is 0 Å². The van der Waals surface area contributed by atoms with E-state index in [0.29, 0.717) is 13.0 Å². The lowest BCUT2D eigenvalue weighted by Crippen LogP contribution is -2.05. The molecular formula is C19H37O2. The number of rotatable bonds is 16. The summed E-state index contributed by atoms with van der Waals surface area (Å²) in [5, 5.41) is 0. The molecule has 125 valence electrons. The van der Waals surface area contributed by atoms with Crippen LogP contribution in [-0.2, 0) is 9.53 Å². The third-order valence-corrected chi connectivity index (χ3v) is 3.89. The topological polar surface area (TPSA) is 26.3 Å². The van der Waals surface area contributed by atoms with Gasteiger partial charge >= 0.3 is 5.97 Å². The number of carbonyl (C=O) groups excluding carboxylic acids is 1. The molecule has 0 N–H and O–H groups in total. The summed E-state index contributed by atoms with van der Waals surface area (Å²) in [5.74, 6) is -0.00117. The molecule has 1 radical (unpaired) electrons. The van der Waals surface area contributed by atoms with Crippen LogP contribution in [0.15, 0.2) is 0 Å². The minimum atomic E-state index is -0.00117. The highest BCUT2D eigenvalue weighted by molar-refractivity contribution is 5.69. The summed E-state index contributed by atoms with van der Waals surface area (Å²) in [4.78, 5) is 11.5. The molecule has 0 saturated carbocycles. The Morgan fingerprint density at radius 3 is 1.90 bits per heavy atom. The number of hydrogen-bond donors (Lipinski definition) is 0. The zero-order valence-electron chi connectivity index (χ0n) is 14.3. The predicted molar refractivity (Wildman–Crippen MR) is 91.2 cm³/mol. The van der Waals surface area contributed by atoms with Crippen molar-refractivity contribution in [1.82, 2.24) is 0 Å². The highest BCUT2D eigenvalue weighted by Gasteiger charge is 2.02. The second kappa shape index (κ2) is 17.5. The monoisotopic (exact) mass is 297 g/mol. The van der Waals surface area contributed by atoms with E-state index >= 15 is 0 Å². The fourth-order valence-electron chi connectivity index (χ4n) is 2.47. The van der Waals surface area contributed by atoms with Crippen molar-refractivity contribution in [2.24, 2.45) is 0 Å². The van der Waals surface area contributed by atoms with Gasteiger partial charge in [-0.1, -0.05) is 90.9 Å². The predicted octanol–water partition coefficient (Wildman–Crippen LogP) is 6.24. The molecule has 0 fully saturated rings. The molecule has 0 bridgehead atoms. The van der Waals surface area contributed by atoms with Crippen molar-refractivity contribution >= 4 is 5.97 Å². The van der Waals surface area contributed by atoms with Crippen molar-refractivity contribution in [2.75, 3.05) is 6.61 Å². The minimum absolute atomic E-state index is 0.00117. The van der Waals surface area contributed by atoms with Crippen LogP contribution in [0, 0.1) is 6.92 Å². The zero-order chi connectivity index (χ0) is 15.6. The van der Waals surface area contributed by atoms with Crippen molar-refractivity contribution in [1.29, 1.82) is 0 Å². The largest absolute Gasteiger partial charge is 0.466 e. The van der Waals surface area contributed by atoms with Crippen LogP contribution in [0.25, 0.3) is 0 Å². The molecule has 0 aliphatic carbocycles. The van der Waals surface area contributed by atoms with Crippen LogP contribution in [0.1, 0.15) is 103 Å². The maximum absolute atomic E-state index is 11.5. The van der Waals surface area contributed by atoms with Crippen LogP contribution in [0.5, 0.6) is 0 Å². The lowest BCUT2D eigenvalue weighted by atomic mass is 10.1. The Balaban J connectivity index is 3.13. The first kappa shape index (κ1) is 20.5. The van der Waals surface area contributed by atoms with E-state index < -0.39 is 0 Å². The fourth-order valence-corrected chi connectivity index (χ4v) is 2.47. The van der Waals surface area contributed by atoms with E-state index in [1.807, 2.05) is 0 Å². The first-order valence-electron chi connectivity index (χ1n) is 9.26. The smallest absolute Gasteiger partial charge is 0.305 e. The molecule has 0 aromatic rings. The second-order valence-corrected chi connectivity index (χ2v) is 6.07. The Hall–Kier alpha value is -0.530. The SMILES string of the molecule is [CH2]CCCCCCCOC(=O)CCCCCCCCCC. The average molecular weight is 298 g/mol. The van der Waals surface area contributed by atoms with Crippen molar-refractivity contribution in [3.8, 4) is 0 Å². The molecule has 0 aromatic heterocycles. The van der Waals surface area contributed by atoms with Crippen LogP contribution >= 0.6 is 0 Å². The maximum atomic E-state index is 11.5. The van der Waals surface area contributed by atoms with Gasteiger partial charge in [0.1, 0.15) is 0 Å². The normalized spacial score (nSPS) is 10.8. The van der Waals surface area contributed by atoms with Crippen LogP contribution in [-0.4, -0.2) is 12.6 Å². The molecule has 21 heavy (non-hydrogen) atoms. The van der Waals surface area contributed by atoms with Gasteiger partial charge in [0, 0.05) is 6.42 Å². The molecule has 0 aliphatic rings. The highest BCUT2D eigenvalue weighted by Crippen LogP contribution is 2.10. The zero-order valence-corrected chi connectivity index (χ0v) is 14.3. The standard InChI is InChI=1S/C19H37O2/c1-3-5-7-9-11-12-13-15-17-19(20)21-18-16-14-10-8-6-4-2/h2-18H2,1H3. The van der Waals surface area contributed by atoms with Gasteiger partial charge in [-0.05, 0) is 12.8 Å². The molecule has 0 aromatic carbocycles. The first-order chi connectivity index (χ1) is 10.3. The number of carbonyl (C=O) groups is 1. The third kappa shape index (κ3) is 17.4. The second-order valence-electron chi connectivity index (χ2n) is 6.07. The number of unbranched alkanes of at least 4 members (excludes halogenated alkanes) is 12.